The van der Waals surface area contributed by atoms with Crippen molar-refractivity contribution in [3.63, 3.8) is 0 Å². The summed E-state index contributed by atoms with van der Waals surface area (Å²) in [5.74, 6) is 0. The van der Waals surface area contributed by atoms with E-state index in [0.29, 0.717) is 32.3 Å². The summed E-state index contributed by atoms with van der Waals surface area (Å²) >= 11 is 5.73. The predicted molar refractivity (Wildman–Crippen MR) is 66.5 cm³/mol. The minimum Gasteiger partial charge on any atom is -0.421 e. The van der Waals surface area contributed by atoms with Crippen molar-refractivity contribution in [1.82, 2.24) is 9.97 Å². The van der Waals surface area contributed by atoms with Gasteiger partial charge in [-0.1, -0.05) is 11.6 Å². The lowest BCUT2D eigenvalue weighted by molar-refractivity contribution is -0.384. The van der Waals surface area contributed by atoms with Crippen molar-refractivity contribution in [2.45, 2.75) is 0 Å². The number of fused-ring (bicyclic) bond motifs is 1. The first kappa shape index (κ1) is 12.1. The van der Waals surface area contributed by atoms with Gasteiger partial charge in [0.2, 0.25) is 10.8 Å². The van der Waals surface area contributed by atoms with E-state index in [1.54, 1.807) is 0 Å². The van der Waals surface area contributed by atoms with E-state index in [1.807, 2.05) is 4.90 Å². The molecule has 8 nitrogen and oxygen atoms in total. The number of ether oxygens (including phenoxy) is 1. The summed E-state index contributed by atoms with van der Waals surface area (Å²) in [6.07, 6.45) is 0. The molecule has 3 rings (SSSR count). The van der Waals surface area contributed by atoms with Gasteiger partial charge in [0.05, 0.1) is 24.2 Å². The first-order chi connectivity index (χ1) is 9.15. The quantitative estimate of drug-likeness (QED) is 0.470. The lowest BCUT2D eigenvalue weighted by Gasteiger charge is -2.24. The number of morpholine rings is 1. The fourth-order valence-electron chi connectivity index (χ4n) is 1.84. The number of aromatic nitrogens is 2. The highest BCUT2D eigenvalue weighted by Crippen LogP contribution is 2.29. The second-order valence-corrected chi connectivity index (χ2v) is 4.33. The Hall–Kier alpha value is -1.93. The van der Waals surface area contributed by atoms with E-state index < -0.39 is 4.92 Å². The summed E-state index contributed by atoms with van der Waals surface area (Å²) in [5.41, 5.74) is 0.216. The Morgan fingerprint density at radius 2 is 2.11 bits per heavy atom. The zero-order chi connectivity index (χ0) is 13.4. The van der Waals surface area contributed by atoms with Gasteiger partial charge in [-0.3, -0.25) is 10.1 Å². The van der Waals surface area contributed by atoms with Gasteiger partial charge < -0.3 is 14.1 Å². The summed E-state index contributed by atoms with van der Waals surface area (Å²) in [7, 11) is 0. The second kappa shape index (κ2) is 4.63. The van der Waals surface area contributed by atoms with E-state index in [9.17, 15) is 10.1 Å². The third-order valence-electron chi connectivity index (χ3n) is 2.78. The van der Waals surface area contributed by atoms with Crippen LogP contribution in [0.4, 0.5) is 11.7 Å². The lowest BCUT2D eigenvalue weighted by atomic mass is 10.4. The summed E-state index contributed by atoms with van der Waals surface area (Å²) < 4.78 is 10.7. The standard InChI is InChI=1S/C10H9ClN4O4/c11-8-6(15(16)17)5-7-9(12-8)13-10(19-7)14-1-3-18-4-2-14/h5H,1-4H2. The molecule has 3 heterocycles. The molecule has 1 saturated heterocycles. The Bertz CT molecular complexity index is 638. The molecule has 0 spiro atoms. The van der Waals surface area contributed by atoms with Crippen molar-refractivity contribution in [3.8, 4) is 0 Å². The molecule has 0 radical (unpaired) electrons. The van der Waals surface area contributed by atoms with Crippen LogP contribution in [0.5, 0.6) is 0 Å². The molecule has 1 fully saturated rings. The summed E-state index contributed by atoms with van der Waals surface area (Å²) in [6.45, 7) is 2.49. The number of pyridine rings is 1. The first-order valence-electron chi connectivity index (χ1n) is 5.59. The first-order valence-corrected chi connectivity index (χ1v) is 5.97. The van der Waals surface area contributed by atoms with Gasteiger partial charge in [-0.05, 0) is 0 Å². The fourth-order valence-corrected chi connectivity index (χ4v) is 2.04. The van der Waals surface area contributed by atoms with Gasteiger partial charge in [0.1, 0.15) is 0 Å². The molecule has 0 saturated carbocycles. The van der Waals surface area contributed by atoms with E-state index in [-0.39, 0.29) is 22.1 Å². The van der Waals surface area contributed by atoms with Gasteiger partial charge in [-0.15, -0.1) is 0 Å². The molecule has 9 heteroatoms. The highest BCUT2D eigenvalue weighted by atomic mass is 35.5. The van der Waals surface area contributed by atoms with Crippen LogP contribution in [-0.2, 0) is 4.74 Å². The van der Waals surface area contributed by atoms with Crippen LogP contribution in [0.2, 0.25) is 5.15 Å². The van der Waals surface area contributed by atoms with E-state index >= 15 is 0 Å². The molecule has 2 aromatic rings. The Labute approximate surface area is 112 Å². The molecular weight excluding hydrogens is 276 g/mol. The third kappa shape index (κ3) is 2.20. The maximum Gasteiger partial charge on any atom is 0.310 e. The lowest BCUT2D eigenvalue weighted by Crippen LogP contribution is -2.36. The van der Waals surface area contributed by atoms with Crippen LogP contribution in [0.25, 0.3) is 11.2 Å². The smallest absolute Gasteiger partial charge is 0.310 e. The molecule has 100 valence electrons. The van der Waals surface area contributed by atoms with Gasteiger partial charge in [0.25, 0.3) is 6.01 Å². The van der Waals surface area contributed by atoms with Crippen LogP contribution >= 0.6 is 11.6 Å². The Balaban J connectivity index is 2.02. The molecule has 19 heavy (non-hydrogen) atoms. The maximum atomic E-state index is 10.8. The number of nitrogens with zero attached hydrogens (tertiary/aromatic N) is 4. The molecule has 0 N–H and O–H groups in total. The van der Waals surface area contributed by atoms with E-state index in [2.05, 4.69) is 9.97 Å². The number of halogens is 1. The molecule has 0 amide bonds. The minimum atomic E-state index is -0.605. The largest absolute Gasteiger partial charge is 0.421 e. The van der Waals surface area contributed by atoms with E-state index in [4.69, 9.17) is 20.8 Å². The number of hydrogen-bond donors (Lipinski definition) is 0. The number of hydrogen-bond acceptors (Lipinski definition) is 7. The molecule has 1 aliphatic rings. The summed E-state index contributed by atoms with van der Waals surface area (Å²) in [5, 5.41) is 10.6. The Kier molecular flexibility index (Phi) is 2.96. The third-order valence-corrected chi connectivity index (χ3v) is 3.06. The molecule has 0 unspecified atom stereocenters. The average molecular weight is 285 g/mol. The predicted octanol–water partition coefficient (Wildman–Crippen LogP) is 1.62. The average Bonchev–Trinajstić information content (AvgIpc) is 2.81. The van der Waals surface area contributed by atoms with Crippen molar-refractivity contribution < 1.29 is 14.1 Å². The highest BCUT2D eigenvalue weighted by Gasteiger charge is 2.22. The normalized spacial score (nSPS) is 15.9. The van der Waals surface area contributed by atoms with Crippen molar-refractivity contribution >= 4 is 34.5 Å². The summed E-state index contributed by atoms with van der Waals surface area (Å²) in [6, 6.07) is 1.61. The van der Waals surface area contributed by atoms with Crippen LogP contribution in [0, 0.1) is 10.1 Å². The number of anilines is 1. The molecule has 2 aromatic heterocycles. The zero-order valence-electron chi connectivity index (χ0n) is 9.71. The molecular formula is C10H9ClN4O4. The molecule has 0 atom stereocenters. The molecule has 0 aliphatic carbocycles. The minimum absolute atomic E-state index is 0.195. The second-order valence-electron chi connectivity index (χ2n) is 3.97. The van der Waals surface area contributed by atoms with Gasteiger partial charge >= 0.3 is 5.69 Å². The fraction of sp³-hybridized carbons (Fsp3) is 0.400. The van der Waals surface area contributed by atoms with Gasteiger partial charge in [0, 0.05) is 13.1 Å². The van der Waals surface area contributed by atoms with Crippen molar-refractivity contribution in [1.29, 1.82) is 0 Å². The molecule has 0 bridgehead atoms. The van der Waals surface area contributed by atoms with E-state index in [0.717, 1.165) is 0 Å². The van der Waals surface area contributed by atoms with Crippen LogP contribution < -0.4 is 4.90 Å². The zero-order valence-corrected chi connectivity index (χ0v) is 10.5. The molecule has 0 aromatic carbocycles. The van der Waals surface area contributed by atoms with Gasteiger partial charge in [0.15, 0.2) is 5.58 Å². The van der Waals surface area contributed by atoms with Crippen LogP contribution in [0.15, 0.2) is 10.5 Å². The van der Waals surface area contributed by atoms with E-state index in [1.165, 1.54) is 6.07 Å². The van der Waals surface area contributed by atoms with Gasteiger partial charge in [-0.2, -0.15) is 4.98 Å². The van der Waals surface area contributed by atoms with Crippen LogP contribution in [0.3, 0.4) is 0 Å². The van der Waals surface area contributed by atoms with Gasteiger partial charge in [-0.25, -0.2) is 4.98 Å². The van der Waals surface area contributed by atoms with Crippen molar-refractivity contribution in [3.05, 3.63) is 21.3 Å². The monoisotopic (exact) mass is 284 g/mol. The summed E-state index contributed by atoms with van der Waals surface area (Å²) in [4.78, 5) is 20.1. The highest BCUT2D eigenvalue weighted by molar-refractivity contribution is 6.31. The SMILES string of the molecule is O=[N+]([O-])c1cc2oc(N3CCOCC3)nc2nc1Cl. The number of oxazole rings is 1. The Morgan fingerprint density at radius 3 is 2.79 bits per heavy atom. The van der Waals surface area contributed by atoms with Crippen molar-refractivity contribution in [2.75, 3.05) is 31.2 Å². The van der Waals surface area contributed by atoms with Crippen LogP contribution in [0.1, 0.15) is 0 Å². The topological polar surface area (TPSA) is 94.5 Å². The van der Waals surface area contributed by atoms with Crippen LogP contribution in [-0.4, -0.2) is 41.2 Å². The number of nitro groups is 1. The number of rotatable bonds is 2. The maximum absolute atomic E-state index is 10.8. The Morgan fingerprint density at radius 1 is 1.37 bits per heavy atom. The van der Waals surface area contributed by atoms with Crippen molar-refractivity contribution in [2.24, 2.45) is 0 Å². The molecule has 1 aliphatic heterocycles.